The lowest BCUT2D eigenvalue weighted by molar-refractivity contribution is 0.0692. The first-order valence-electron chi connectivity index (χ1n) is 9.24. The van der Waals surface area contributed by atoms with E-state index in [1.807, 2.05) is 0 Å². The van der Waals surface area contributed by atoms with Gasteiger partial charge in [-0.25, -0.2) is 28.5 Å². The van der Waals surface area contributed by atoms with Crippen molar-refractivity contribution in [3.8, 4) is 11.4 Å². The number of fused-ring (bicyclic) bond motifs is 1. The Morgan fingerprint density at radius 1 is 1.16 bits per heavy atom. The summed E-state index contributed by atoms with van der Waals surface area (Å²) in [5, 5.41) is 9.67. The molecule has 4 aromatic heterocycles. The average Bonchev–Trinajstić information content (AvgIpc) is 3.13. The van der Waals surface area contributed by atoms with Crippen molar-refractivity contribution in [1.82, 2.24) is 24.3 Å². The minimum Gasteiger partial charge on any atom is -0.476 e. The highest BCUT2D eigenvalue weighted by molar-refractivity contribution is 5.96. The Labute approximate surface area is 179 Å². The lowest BCUT2D eigenvalue weighted by atomic mass is 10.0. The van der Waals surface area contributed by atoms with Crippen LogP contribution >= 0.6 is 0 Å². The van der Waals surface area contributed by atoms with Gasteiger partial charge in [-0.05, 0) is 24.3 Å². The number of carboxylic acids is 1. The number of aromatic nitrogens is 5. The van der Waals surface area contributed by atoms with Gasteiger partial charge in [-0.3, -0.25) is 9.38 Å². The molecule has 0 saturated carbocycles. The molecule has 32 heavy (non-hydrogen) atoms. The van der Waals surface area contributed by atoms with Gasteiger partial charge in [0.2, 0.25) is 0 Å². The van der Waals surface area contributed by atoms with Crippen LogP contribution in [0.25, 0.3) is 17.0 Å². The van der Waals surface area contributed by atoms with Crippen LogP contribution in [0.5, 0.6) is 0 Å². The van der Waals surface area contributed by atoms with E-state index in [1.165, 1.54) is 29.7 Å². The van der Waals surface area contributed by atoms with Crippen molar-refractivity contribution in [3.63, 3.8) is 0 Å². The smallest absolute Gasteiger partial charge is 0.356 e. The first-order valence-corrected chi connectivity index (χ1v) is 9.24. The number of carboxylic acid groups (broad SMARTS) is 1. The molecule has 0 fully saturated rings. The van der Waals surface area contributed by atoms with E-state index in [9.17, 15) is 18.7 Å². The van der Waals surface area contributed by atoms with Crippen LogP contribution in [-0.2, 0) is 4.74 Å². The van der Waals surface area contributed by atoms with Gasteiger partial charge in [-0.2, -0.15) is 0 Å². The molecule has 0 amide bonds. The minimum absolute atomic E-state index is 0.0498. The number of nitrogens with zero attached hydrogens (tertiary/aromatic N) is 5. The third-order valence-electron chi connectivity index (χ3n) is 4.75. The van der Waals surface area contributed by atoms with E-state index < -0.39 is 29.2 Å². The first-order chi connectivity index (χ1) is 15.3. The summed E-state index contributed by atoms with van der Waals surface area (Å²) in [7, 11) is 1.45. The largest absolute Gasteiger partial charge is 0.476 e. The van der Waals surface area contributed by atoms with Gasteiger partial charge in [-0.15, -0.1) is 0 Å². The Balaban J connectivity index is 1.97. The molecule has 0 radical (unpaired) electrons. The molecular formula is C20H17F2N7O3. The van der Waals surface area contributed by atoms with Crippen LogP contribution in [0.15, 0.2) is 36.7 Å². The highest BCUT2D eigenvalue weighted by Gasteiger charge is 2.27. The number of hydrogen-bond acceptors (Lipinski definition) is 8. The maximum atomic E-state index is 13.9. The highest BCUT2D eigenvalue weighted by atomic mass is 19.1. The molecule has 5 N–H and O–H groups in total. The molecule has 0 aliphatic heterocycles. The van der Waals surface area contributed by atoms with Crippen molar-refractivity contribution < 1.29 is 23.4 Å². The minimum atomic E-state index is -1.36. The molecule has 1 atom stereocenters. The van der Waals surface area contributed by atoms with Crippen molar-refractivity contribution in [2.24, 2.45) is 0 Å². The third kappa shape index (κ3) is 3.67. The highest BCUT2D eigenvalue weighted by Crippen LogP contribution is 2.33. The monoisotopic (exact) mass is 441 g/mol. The Hall–Kier alpha value is -4.19. The summed E-state index contributed by atoms with van der Waals surface area (Å²) in [6.45, 7) is 0.0645. The number of rotatable bonds is 6. The fourth-order valence-corrected chi connectivity index (χ4v) is 3.29. The predicted octanol–water partition coefficient (Wildman–Crippen LogP) is 2.11. The van der Waals surface area contributed by atoms with Crippen LogP contribution in [0.3, 0.4) is 0 Å². The Bertz CT molecular complexity index is 1330. The fourth-order valence-electron chi connectivity index (χ4n) is 3.29. The van der Waals surface area contributed by atoms with Gasteiger partial charge in [0.15, 0.2) is 11.5 Å². The van der Waals surface area contributed by atoms with E-state index in [4.69, 9.17) is 16.2 Å². The molecule has 0 aromatic carbocycles. The molecule has 0 saturated heterocycles. The topological polar surface area (TPSA) is 155 Å². The zero-order valence-corrected chi connectivity index (χ0v) is 16.7. The number of nitrogen functional groups attached to an aromatic ring is 2. The number of nitrogens with two attached hydrogens (primary N) is 2. The van der Waals surface area contributed by atoms with Crippen LogP contribution in [0.2, 0.25) is 0 Å². The molecule has 164 valence electrons. The molecule has 0 spiro atoms. The first kappa shape index (κ1) is 21.1. The van der Waals surface area contributed by atoms with Crippen molar-refractivity contribution in [1.29, 1.82) is 0 Å². The van der Waals surface area contributed by atoms with Gasteiger partial charge in [0, 0.05) is 13.3 Å². The van der Waals surface area contributed by atoms with E-state index in [2.05, 4.69) is 19.9 Å². The zero-order chi connectivity index (χ0) is 23.0. The number of imidazole rings is 1. The van der Waals surface area contributed by atoms with Crippen molar-refractivity contribution in [3.05, 3.63) is 65.5 Å². The lowest BCUT2D eigenvalue weighted by Gasteiger charge is -2.17. The SMILES string of the molecule is COCC(c1ccc(F)cn1)c1nc(N)c(N)c(-c2c(C(=O)O)nc3ccc(F)cn23)n1. The molecule has 4 rings (SSSR count). The standard InChI is InChI=1S/C20H17F2N7O3/c1-32-8-11(12-4-2-9(21)6-25-12)19-27-15(14(23)18(24)28-19)17-16(20(30)31)26-13-5-3-10(22)7-29(13)17/h2-7,11H,8,23H2,1H3,(H,30,31)(H2,24,27,28). The maximum absolute atomic E-state index is 13.9. The molecule has 0 bridgehead atoms. The van der Waals surface area contributed by atoms with Crippen LogP contribution < -0.4 is 11.5 Å². The molecule has 4 heterocycles. The average molecular weight is 441 g/mol. The Kier molecular flexibility index (Phi) is 5.36. The van der Waals surface area contributed by atoms with Gasteiger partial charge in [-0.1, -0.05) is 0 Å². The Morgan fingerprint density at radius 3 is 2.56 bits per heavy atom. The molecule has 12 heteroatoms. The second-order valence-electron chi connectivity index (χ2n) is 6.83. The number of methoxy groups -OCH3 is 1. The van der Waals surface area contributed by atoms with Gasteiger partial charge in [0.25, 0.3) is 0 Å². The second-order valence-corrected chi connectivity index (χ2v) is 6.83. The Morgan fingerprint density at radius 2 is 1.91 bits per heavy atom. The zero-order valence-electron chi connectivity index (χ0n) is 16.7. The number of carbonyl (C=O) groups is 1. The summed E-state index contributed by atoms with van der Waals surface area (Å²) in [4.78, 5) is 28.6. The third-order valence-corrected chi connectivity index (χ3v) is 4.75. The summed E-state index contributed by atoms with van der Waals surface area (Å²) < 4.78 is 33.8. The number of hydrogen-bond donors (Lipinski definition) is 3. The molecule has 1 unspecified atom stereocenters. The molecule has 0 aliphatic rings. The van der Waals surface area contributed by atoms with Gasteiger partial charge < -0.3 is 21.3 Å². The molecule has 4 aromatic rings. The second kappa shape index (κ2) is 8.15. The fraction of sp³-hybridized carbons (Fsp3) is 0.150. The van der Waals surface area contributed by atoms with E-state index in [-0.39, 0.29) is 41.0 Å². The maximum Gasteiger partial charge on any atom is 0.356 e. The number of pyridine rings is 2. The van der Waals surface area contributed by atoms with Crippen molar-refractivity contribution in [2.45, 2.75) is 5.92 Å². The van der Waals surface area contributed by atoms with Crippen molar-refractivity contribution in [2.75, 3.05) is 25.2 Å². The quantitative estimate of drug-likeness (QED) is 0.408. The molecule has 10 nitrogen and oxygen atoms in total. The number of halogens is 2. The van der Waals surface area contributed by atoms with Crippen LogP contribution in [-0.4, -0.2) is 49.1 Å². The summed E-state index contributed by atoms with van der Waals surface area (Å²) in [5.74, 6) is -3.21. The van der Waals surface area contributed by atoms with E-state index in [0.29, 0.717) is 5.69 Å². The van der Waals surface area contributed by atoms with Crippen molar-refractivity contribution >= 4 is 23.1 Å². The summed E-state index contributed by atoms with van der Waals surface area (Å²) >= 11 is 0. The normalized spacial score (nSPS) is 12.2. The van der Waals surface area contributed by atoms with Crippen LogP contribution in [0.4, 0.5) is 20.3 Å². The summed E-state index contributed by atoms with van der Waals surface area (Å²) in [6, 6.07) is 5.14. The predicted molar refractivity (Wildman–Crippen MR) is 110 cm³/mol. The van der Waals surface area contributed by atoms with Gasteiger partial charge in [0.1, 0.15) is 40.2 Å². The lowest BCUT2D eigenvalue weighted by Crippen LogP contribution is -2.17. The number of aromatic carboxylic acids is 1. The summed E-state index contributed by atoms with van der Waals surface area (Å²) in [5.41, 5.74) is 12.1. The van der Waals surface area contributed by atoms with E-state index in [0.717, 1.165) is 18.5 Å². The summed E-state index contributed by atoms with van der Waals surface area (Å²) in [6.07, 6.45) is 2.10. The van der Waals surface area contributed by atoms with Gasteiger partial charge >= 0.3 is 5.97 Å². The number of anilines is 2. The van der Waals surface area contributed by atoms with Gasteiger partial charge in [0.05, 0.1) is 24.4 Å². The van der Waals surface area contributed by atoms with Crippen LogP contribution in [0.1, 0.15) is 27.9 Å². The van der Waals surface area contributed by atoms with Crippen LogP contribution in [0, 0.1) is 11.6 Å². The van der Waals surface area contributed by atoms with E-state index >= 15 is 0 Å². The number of ether oxygens (including phenoxy) is 1. The van der Waals surface area contributed by atoms with E-state index in [1.54, 1.807) is 0 Å². The molecular weight excluding hydrogens is 424 g/mol. The molecule has 0 aliphatic carbocycles.